The van der Waals surface area contributed by atoms with Gasteiger partial charge in [-0.15, -0.1) is 0 Å². The molecule has 0 aliphatic carbocycles. The number of morpholine rings is 1. The van der Waals surface area contributed by atoms with Crippen LogP contribution in [0.25, 0.3) is 0 Å². The van der Waals surface area contributed by atoms with Gasteiger partial charge in [-0.1, -0.05) is 0 Å². The summed E-state index contributed by atoms with van der Waals surface area (Å²) in [6, 6.07) is 9.26. The van der Waals surface area contributed by atoms with Crippen molar-refractivity contribution in [2.75, 3.05) is 46.8 Å². The molecule has 1 amide bonds. The number of halogens is 3. The average molecular weight is 469 g/mol. The lowest BCUT2D eigenvalue weighted by molar-refractivity contribution is -0.153. The smallest absolute Gasteiger partial charge is 0.422 e. The second kappa shape index (κ2) is 9.65. The number of hydrogen-bond donors (Lipinski definition) is 0. The molecule has 1 unspecified atom stereocenters. The van der Waals surface area contributed by atoms with Crippen LogP contribution >= 0.6 is 0 Å². The van der Waals surface area contributed by atoms with Gasteiger partial charge < -0.3 is 33.3 Å². The zero-order valence-corrected chi connectivity index (χ0v) is 17.7. The van der Waals surface area contributed by atoms with Crippen LogP contribution < -0.4 is 23.7 Å². The Morgan fingerprint density at radius 3 is 2.67 bits per heavy atom. The molecular formula is C22H22F3NO7. The molecule has 1 atom stereocenters. The van der Waals surface area contributed by atoms with E-state index in [2.05, 4.69) is 0 Å². The van der Waals surface area contributed by atoms with Crippen molar-refractivity contribution in [3.63, 3.8) is 0 Å². The molecule has 33 heavy (non-hydrogen) atoms. The summed E-state index contributed by atoms with van der Waals surface area (Å²) in [6.07, 6.45) is -4.96. The molecule has 0 N–H and O–H groups in total. The Bertz CT molecular complexity index is 998. The number of carbonyl (C=O) groups is 1. The minimum absolute atomic E-state index is 0.0176. The number of ether oxygens (including phenoxy) is 6. The highest BCUT2D eigenvalue weighted by atomic mass is 19.4. The third-order valence-electron chi connectivity index (χ3n) is 5.01. The van der Waals surface area contributed by atoms with Crippen molar-refractivity contribution >= 4 is 5.91 Å². The summed E-state index contributed by atoms with van der Waals surface area (Å²) < 4.78 is 69.9. The maximum absolute atomic E-state index is 13.1. The Balaban J connectivity index is 1.41. The first-order valence-electron chi connectivity index (χ1n) is 10.1. The number of rotatable bonds is 7. The lowest BCUT2D eigenvalue weighted by atomic mass is 10.1. The van der Waals surface area contributed by atoms with Crippen LogP contribution in [0.1, 0.15) is 10.4 Å². The predicted molar refractivity (Wildman–Crippen MR) is 108 cm³/mol. The first-order chi connectivity index (χ1) is 15.8. The van der Waals surface area contributed by atoms with E-state index in [0.717, 1.165) is 0 Å². The normalized spacial score (nSPS) is 17.6. The number of methoxy groups -OCH3 is 1. The molecule has 11 heteroatoms. The topological polar surface area (TPSA) is 75.7 Å². The van der Waals surface area contributed by atoms with Crippen molar-refractivity contribution in [2.45, 2.75) is 12.3 Å². The number of fused-ring (bicyclic) bond motifs is 1. The van der Waals surface area contributed by atoms with Gasteiger partial charge in [0.05, 0.1) is 25.8 Å². The zero-order chi connectivity index (χ0) is 23.4. The molecule has 2 aromatic rings. The van der Waals surface area contributed by atoms with E-state index >= 15 is 0 Å². The molecule has 0 saturated carbocycles. The van der Waals surface area contributed by atoms with Gasteiger partial charge in [0.25, 0.3) is 5.91 Å². The highest BCUT2D eigenvalue weighted by Gasteiger charge is 2.31. The molecule has 0 bridgehead atoms. The van der Waals surface area contributed by atoms with Crippen LogP contribution in [0, 0.1) is 0 Å². The van der Waals surface area contributed by atoms with Gasteiger partial charge in [-0.25, -0.2) is 0 Å². The van der Waals surface area contributed by atoms with Crippen molar-refractivity contribution in [3.8, 4) is 28.7 Å². The zero-order valence-electron chi connectivity index (χ0n) is 17.7. The highest BCUT2D eigenvalue weighted by Crippen LogP contribution is 2.35. The third kappa shape index (κ3) is 5.72. The maximum Gasteiger partial charge on any atom is 0.422 e. The van der Waals surface area contributed by atoms with Gasteiger partial charge in [-0.05, 0) is 30.3 Å². The fraction of sp³-hybridized carbons (Fsp3) is 0.409. The minimum Gasteiger partial charge on any atom is -0.497 e. The monoisotopic (exact) mass is 469 g/mol. The summed E-state index contributed by atoms with van der Waals surface area (Å²) in [5.74, 6) is 1.45. The van der Waals surface area contributed by atoms with Gasteiger partial charge in [-0.3, -0.25) is 4.79 Å². The van der Waals surface area contributed by atoms with E-state index in [0.29, 0.717) is 23.0 Å². The summed E-state index contributed by atoms with van der Waals surface area (Å²) in [5.41, 5.74) is -0.0176. The number of benzene rings is 2. The van der Waals surface area contributed by atoms with Crippen molar-refractivity contribution < 1.29 is 46.4 Å². The molecule has 1 saturated heterocycles. The van der Waals surface area contributed by atoms with E-state index in [1.807, 2.05) is 0 Å². The molecule has 178 valence electrons. The van der Waals surface area contributed by atoms with E-state index in [-0.39, 0.29) is 44.4 Å². The van der Waals surface area contributed by atoms with E-state index in [4.69, 9.17) is 28.4 Å². The van der Waals surface area contributed by atoms with E-state index in [1.54, 1.807) is 18.2 Å². The van der Waals surface area contributed by atoms with Crippen LogP contribution in [0.4, 0.5) is 13.2 Å². The Hall–Kier alpha value is -3.34. The maximum atomic E-state index is 13.1. The van der Waals surface area contributed by atoms with Gasteiger partial charge in [0.15, 0.2) is 18.1 Å². The molecule has 0 aromatic heterocycles. The van der Waals surface area contributed by atoms with E-state index in [1.165, 1.54) is 30.2 Å². The number of carbonyl (C=O) groups excluding carboxylic acids is 1. The number of nitrogens with zero attached hydrogens (tertiary/aromatic N) is 1. The second-order valence-electron chi connectivity index (χ2n) is 7.34. The van der Waals surface area contributed by atoms with E-state index < -0.39 is 24.8 Å². The number of hydrogen-bond acceptors (Lipinski definition) is 7. The molecule has 4 rings (SSSR count). The molecule has 8 nitrogen and oxygen atoms in total. The van der Waals surface area contributed by atoms with Crippen LogP contribution in [0.5, 0.6) is 28.7 Å². The van der Waals surface area contributed by atoms with Gasteiger partial charge in [0.2, 0.25) is 6.79 Å². The fourth-order valence-electron chi connectivity index (χ4n) is 3.42. The van der Waals surface area contributed by atoms with Crippen molar-refractivity contribution in [1.29, 1.82) is 0 Å². The predicted octanol–water partition coefficient (Wildman–Crippen LogP) is 3.29. The first-order valence-corrected chi connectivity index (χ1v) is 10.1. The van der Waals surface area contributed by atoms with Crippen molar-refractivity contribution in [3.05, 3.63) is 42.0 Å². The Morgan fingerprint density at radius 2 is 1.88 bits per heavy atom. The molecule has 0 radical (unpaired) electrons. The lowest BCUT2D eigenvalue weighted by Crippen LogP contribution is -2.47. The second-order valence-corrected chi connectivity index (χ2v) is 7.34. The largest absolute Gasteiger partial charge is 0.497 e. The van der Waals surface area contributed by atoms with Crippen LogP contribution in [0.2, 0.25) is 0 Å². The third-order valence-corrected chi connectivity index (χ3v) is 5.01. The molecule has 2 aliphatic rings. The summed E-state index contributed by atoms with van der Waals surface area (Å²) >= 11 is 0. The minimum atomic E-state index is -4.53. The average Bonchev–Trinajstić information content (AvgIpc) is 3.28. The van der Waals surface area contributed by atoms with Crippen molar-refractivity contribution in [2.24, 2.45) is 0 Å². The molecule has 1 fully saturated rings. The summed E-state index contributed by atoms with van der Waals surface area (Å²) in [4.78, 5) is 14.6. The number of alkyl halides is 3. The molecule has 0 spiro atoms. The standard InChI is InChI=1S/C22H22F3NO7/c1-28-14-2-4-18(31-12-22(23,24)25)17(8-14)21(27)26-6-7-29-16(10-26)11-30-15-3-5-19-20(9-15)33-13-32-19/h2-5,8-9,16H,6-7,10-13H2,1H3. The molecule has 2 aromatic carbocycles. The van der Waals surface area contributed by atoms with Gasteiger partial charge in [-0.2, -0.15) is 13.2 Å². The summed E-state index contributed by atoms with van der Waals surface area (Å²) in [7, 11) is 1.40. The van der Waals surface area contributed by atoms with Gasteiger partial charge in [0.1, 0.15) is 30.0 Å². The van der Waals surface area contributed by atoms with E-state index in [9.17, 15) is 18.0 Å². The Kier molecular flexibility index (Phi) is 6.68. The van der Waals surface area contributed by atoms with Crippen LogP contribution in [0.15, 0.2) is 36.4 Å². The number of amides is 1. The quantitative estimate of drug-likeness (QED) is 0.616. The lowest BCUT2D eigenvalue weighted by Gasteiger charge is -2.33. The Labute approximate surface area is 187 Å². The van der Waals surface area contributed by atoms with Crippen LogP contribution in [0.3, 0.4) is 0 Å². The Morgan fingerprint density at radius 1 is 1.09 bits per heavy atom. The first kappa shape index (κ1) is 22.8. The molecular weight excluding hydrogens is 447 g/mol. The molecule has 2 aliphatic heterocycles. The van der Waals surface area contributed by atoms with Crippen LogP contribution in [-0.4, -0.2) is 69.9 Å². The SMILES string of the molecule is COc1ccc(OCC(F)(F)F)c(C(=O)N2CCOC(COc3ccc4c(c3)OCO4)C2)c1. The van der Waals surface area contributed by atoms with Gasteiger partial charge in [0, 0.05) is 12.6 Å². The highest BCUT2D eigenvalue weighted by molar-refractivity contribution is 5.97. The molecule has 2 heterocycles. The van der Waals surface area contributed by atoms with Crippen LogP contribution in [-0.2, 0) is 4.74 Å². The fourth-order valence-corrected chi connectivity index (χ4v) is 3.42. The summed E-state index contributed by atoms with van der Waals surface area (Å²) in [5, 5.41) is 0. The summed E-state index contributed by atoms with van der Waals surface area (Å²) in [6.45, 7) is -0.466. The van der Waals surface area contributed by atoms with Crippen molar-refractivity contribution in [1.82, 2.24) is 4.90 Å². The van der Waals surface area contributed by atoms with Gasteiger partial charge >= 0.3 is 6.18 Å².